The fourth-order valence-corrected chi connectivity index (χ4v) is 3.33. The molecule has 0 N–H and O–H groups in total. The summed E-state index contributed by atoms with van der Waals surface area (Å²) in [7, 11) is 0. The molecule has 0 atom stereocenters. The number of carbonyl (C=O) groups excluding carboxylic acids is 1. The zero-order valence-electron chi connectivity index (χ0n) is 15.1. The lowest BCUT2D eigenvalue weighted by Crippen LogP contribution is -2.23. The van der Waals surface area contributed by atoms with Gasteiger partial charge < -0.3 is 13.9 Å². The number of aliphatic imine (C=N–C) groups is 1. The Morgan fingerprint density at radius 2 is 1.93 bits per heavy atom. The van der Waals surface area contributed by atoms with E-state index >= 15 is 0 Å². The third-order valence-corrected chi connectivity index (χ3v) is 4.78. The maximum Gasteiger partial charge on any atom is 0.410 e. The van der Waals surface area contributed by atoms with Crippen LogP contribution in [0.25, 0.3) is 11.2 Å². The number of pyridine rings is 1. The van der Waals surface area contributed by atoms with Crippen LogP contribution in [0.15, 0.2) is 59.9 Å². The van der Waals surface area contributed by atoms with Crippen LogP contribution in [-0.2, 0) is 11.3 Å². The summed E-state index contributed by atoms with van der Waals surface area (Å²) in [6.07, 6.45) is 7.37. The molecule has 3 aromatic rings. The van der Waals surface area contributed by atoms with Gasteiger partial charge in [-0.15, -0.1) is 0 Å². The molecule has 2 aliphatic rings. The van der Waals surface area contributed by atoms with E-state index < -0.39 is 0 Å². The van der Waals surface area contributed by atoms with Gasteiger partial charge >= 0.3 is 6.09 Å². The molecule has 0 radical (unpaired) electrons. The number of carbonyl (C=O) groups is 1. The first-order valence-corrected chi connectivity index (χ1v) is 9.11. The van der Waals surface area contributed by atoms with Crippen LogP contribution >= 0.6 is 0 Å². The Morgan fingerprint density at radius 1 is 1.07 bits per heavy atom. The molecule has 140 valence electrons. The van der Waals surface area contributed by atoms with E-state index in [1.54, 1.807) is 4.90 Å². The number of cyclic esters (lactones) is 1. The predicted molar refractivity (Wildman–Crippen MR) is 105 cm³/mol. The molecule has 0 aliphatic carbocycles. The van der Waals surface area contributed by atoms with Crippen molar-refractivity contribution < 1.29 is 14.3 Å². The minimum Gasteiger partial charge on any atom is -0.456 e. The first kappa shape index (κ1) is 16.6. The van der Waals surface area contributed by atoms with E-state index in [1.165, 1.54) is 5.57 Å². The summed E-state index contributed by atoms with van der Waals surface area (Å²) >= 11 is 0. The number of fused-ring (bicyclic) bond motifs is 1. The molecule has 1 amide bonds. The second-order valence-corrected chi connectivity index (χ2v) is 6.71. The maximum absolute atomic E-state index is 11.6. The molecule has 0 spiro atoms. The molecule has 7 heteroatoms. The van der Waals surface area contributed by atoms with Crippen LogP contribution in [-0.4, -0.2) is 46.3 Å². The largest absolute Gasteiger partial charge is 0.456 e. The minimum absolute atomic E-state index is 0.288. The normalized spacial score (nSPS) is 15.9. The van der Waals surface area contributed by atoms with Crippen LogP contribution in [0.2, 0.25) is 0 Å². The second kappa shape index (κ2) is 6.84. The van der Waals surface area contributed by atoms with Crippen molar-refractivity contribution >= 4 is 23.5 Å². The summed E-state index contributed by atoms with van der Waals surface area (Å²) in [5.41, 5.74) is 3.98. The second-order valence-electron chi connectivity index (χ2n) is 6.71. The number of hydrogen-bond donors (Lipinski definition) is 0. The molecule has 1 fully saturated rings. The van der Waals surface area contributed by atoms with Crippen LogP contribution < -0.4 is 4.74 Å². The van der Waals surface area contributed by atoms with E-state index in [9.17, 15) is 4.79 Å². The van der Waals surface area contributed by atoms with Gasteiger partial charge in [-0.25, -0.2) is 9.78 Å². The zero-order valence-corrected chi connectivity index (χ0v) is 15.1. The van der Waals surface area contributed by atoms with Crippen molar-refractivity contribution in [3.05, 3.63) is 66.1 Å². The van der Waals surface area contributed by atoms with E-state index in [2.05, 4.69) is 9.98 Å². The number of rotatable bonds is 5. The number of ether oxygens (including phenoxy) is 2. The molecular weight excluding hydrogens is 356 g/mol. The SMILES string of the molecule is O=C1OCCN1Cc1cn2cc(Oc3ccc(C4=CC=NC4)cc3)ccc2n1. The average molecular weight is 374 g/mol. The first-order valence-electron chi connectivity index (χ1n) is 9.11. The smallest absolute Gasteiger partial charge is 0.410 e. The van der Waals surface area contributed by atoms with Crippen molar-refractivity contribution in [2.24, 2.45) is 4.99 Å². The van der Waals surface area contributed by atoms with Crippen molar-refractivity contribution in [2.75, 3.05) is 19.7 Å². The summed E-state index contributed by atoms with van der Waals surface area (Å²) < 4.78 is 12.8. The molecule has 4 heterocycles. The van der Waals surface area contributed by atoms with E-state index in [0.29, 0.717) is 25.4 Å². The number of allylic oxidation sites excluding steroid dienone is 1. The van der Waals surface area contributed by atoms with Gasteiger partial charge in [-0.1, -0.05) is 12.1 Å². The van der Waals surface area contributed by atoms with Gasteiger partial charge in [0.2, 0.25) is 0 Å². The number of nitrogens with zero attached hydrogens (tertiary/aromatic N) is 4. The Labute approximate surface area is 161 Å². The van der Waals surface area contributed by atoms with Gasteiger partial charge in [0.25, 0.3) is 0 Å². The highest BCUT2D eigenvalue weighted by atomic mass is 16.6. The van der Waals surface area contributed by atoms with E-state index in [0.717, 1.165) is 29.2 Å². The third kappa shape index (κ3) is 3.22. The molecule has 0 bridgehead atoms. The molecule has 0 saturated carbocycles. The third-order valence-electron chi connectivity index (χ3n) is 4.78. The first-order chi connectivity index (χ1) is 13.7. The summed E-state index contributed by atoms with van der Waals surface area (Å²) in [5.74, 6) is 1.48. The molecule has 1 aromatic carbocycles. The molecule has 5 rings (SSSR count). The Bertz CT molecular complexity index is 1100. The van der Waals surface area contributed by atoms with Crippen molar-refractivity contribution in [3.63, 3.8) is 0 Å². The lowest BCUT2D eigenvalue weighted by molar-refractivity contribution is 0.157. The summed E-state index contributed by atoms with van der Waals surface area (Å²) in [6, 6.07) is 11.8. The van der Waals surface area contributed by atoms with E-state index in [4.69, 9.17) is 9.47 Å². The Kier molecular flexibility index (Phi) is 4.05. The van der Waals surface area contributed by atoms with Crippen molar-refractivity contribution in [1.82, 2.24) is 14.3 Å². The number of hydrogen-bond acceptors (Lipinski definition) is 5. The van der Waals surface area contributed by atoms with Gasteiger partial charge in [0.15, 0.2) is 0 Å². The fourth-order valence-electron chi connectivity index (χ4n) is 3.33. The summed E-state index contributed by atoms with van der Waals surface area (Å²) in [6.45, 7) is 2.21. The highest BCUT2D eigenvalue weighted by Gasteiger charge is 2.22. The van der Waals surface area contributed by atoms with Crippen LogP contribution in [0.1, 0.15) is 11.3 Å². The molecule has 28 heavy (non-hydrogen) atoms. The molecule has 7 nitrogen and oxygen atoms in total. The Hall–Kier alpha value is -3.61. The van der Waals surface area contributed by atoms with Crippen LogP contribution in [0, 0.1) is 0 Å². The quantitative estimate of drug-likeness (QED) is 0.685. The molecular formula is C21H18N4O3. The standard InChI is InChI=1S/C21H18N4O3/c26-21-24(9-10-27-21)12-17-13-25-14-19(5-6-20(25)23-17)28-18-3-1-15(2-4-18)16-7-8-22-11-16/h1-8,13-14H,9-12H2. The number of benzene rings is 1. The van der Waals surface area contributed by atoms with Crippen molar-refractivity contribution in [1.29, 1.82) is 0 Å². The van der Waals surface area contributed by atoms with Crippen LogP contribution in [0.3, 0.4) is 0 Å². The van der Waals surface area contributed by atoms with Gasteiger partial charge in [-0.05, 0) is 41.5 Å². The number of aromatic nitrogens is 2. The highest BCUT2D eigenvalue weighted by molar-refractivity contribution is 5.89. The van der Waals surface area contributed by atoms with Gasteiger partial charge in [-0.3, -0.25) is 9.89 Å². The molecule has 1 saturated heterocycles. The fraction of sp³-hybridized carbons (Fsp3) is 0.190. The van der Waals surface area contributed by atoms with E-state index in [-0.39, 0.29) is 6.09 Å². The minimum atomic E-state index is -0.288. The van der Waals surface area contributed by atoms with Crippen molar-refractivity contribution in [3.8, 4) is 11.5 Å². The molecule has 0 unspecified atom stereocenters. The topological polar surface area (TPSA) is 68.4 Å². The lowest BCUT2D eigenvalue weighted by Gasteiger charge is -2.09. The van der Waals surface area contributed by atoms with Gasteiger partial charge in [-0.2, -0.15) is 0 Å². The average Bonchev–Trinajstić information content (AvgIpc) is 3.44. The van der Waals surface area contributed by atoms with E-state index in [1.807, 2.05) is 65.5 Å². The summed E-state index contributed by atoms with van der Waals surface area (Å²) in [5, 5.41) is 0. The van der Waals surface area contributed by atoms with Crippen LogP contribution in [0.5, 0.6) is 11.5 Å². The van der Waals surface area contributed by atoms with Crippen molar-refractivity contribution in [2.45, 2.75) is 6.54 Å². The maximum atomic E-state index is 11.6. The Morgan fingerprint density at radius 3 is 2.68 bits per heavy atom. The summed E-state index contributed by atoms with van der Waals surface area (Å²) in [4.78, 5) is 22.0. The number of imidazole rings is 1. The van der Waals surface area contributed by atoms with Gasteiger partial charge in [0.05, 0.1) is 31.5 Å². The van der Waals surface area contributed by atoms with Gasteiger partial charge in [0, 0.05) is 12.4 Å². The number of amides is 1. The van der Waals surface area contributed by atoms with Gasteiger partial charge in [0.1, 0.15) is 23.8 Å². The monoisotopic (exact) mass is 374 g/mol. The predicted octanol–water partition coefficient (Wildman–Crippen LogP) is 3.55. The zero-order chi connectivity index (χ0) is 18.9. The molecule has 2 aliphatic heterocycles. The molecule has 2 aromatic heterocycles. The Balaban J connectivity index is 1.31. The lowest BCUT2D eigenvalue weighted by atomic mass is 10.1. The highest BCUT2D eigenvalue weighted by Crippen LogP contribution is 2.25. The van der Waals surface area contributed by atoms with Crippen LogP contribution in [0.4, 0.5) is 4.79 Å².